The molecule has 0 rings (SSSR count). The molecule has 0 bridgehead atoms. The Hall–Kier alpha value is -0.0732. The predicted octanol–water partition coefficient (Wildman–Crippen LogP) is 0.339. The molecular formula is C6H8O4Rh2-2. The van der Waals surface area contributed by atoms with E-state index in [1.807, 2.05) is 0 Å². The van der Waals surface area contributed by atoms with Crippen LogP contribution in [0.25, 0.3) is 0 Å². The van der Waals surface area contributed by atoms with Crippen molar-refractivity contribution < 1.29 is 58.8 Å². The maximum Gasteiger partial charge on any atom is 0.140 e. The number of hydrogen-bond acceptors (Lipinski definition) is 2. The molecule has 12 heavy (non-hydrogen) atoms. The van der Waals surface area contributed by atoms with E-state index in [1.165, 1.54) is 13.8 Å². The van der Waals surface area contributed by atoms with E-state index in [4.69, 9.17) is 10.2 Å². The minimum atomic E-state index is -1.19. The van der Waals surface area contributed by atoms with E-state index in [0.29, 0.717) is 0 Å². The van der Waals surface area contributed by atoms with Gasteiger partial charge in [-0.3, -0.25) is 9.59 Å². The van der Waals surface area contributed by atoms with Crippen LogP contribution in [0, 0.1) is 11.8 Å². The van der Waals surface area contributed by atoms with Crippen LogP contribution in [0.5, 0.6) is 0 Å². The first kappa shape index (κ1) is 17.9. The van der Waals surface area contributed by atoms with E-state index in [0.717, 1.165) is 0 Å². The minimum absolute atomic E-state index is 0. The molecule has 0 unspecified atom stereocenters. The van der Waals surface area contributed by atoms with Crippen molar-refractivity contribution in [1.82, 2.24) is 0 Å². The van der Waals surface area contributed by atoms with Gasteiger partial charge in [-0.2, -0.15) is 13.8 Å². The van der Waals surface area contributed by atoms with Gasteiger partial charge in [-0.05, 0) is 0 Å². The molecule has 0 aliphatic rings. The molecule has 76 valence electrons. The summed E-state index contributed by atoms with van der Waals surface area (Å²) in [6, 6.07) is 0. The SMILES string of the molecule is C[C-](C(=O)O)[C-](C)C(=O)O.[Rh].[Rh]. The Balaban J connectivity index is -0.000000405. The molecule has 0 amide bonds. The molecule has 6 heteroatoms. The van der Waals surface area contributed by atoms with Crippen molar-refractivity contribution in [2.75, 3.05) is 0 Å². The summed E-state index contributed by atoms with van der Waals surface area (Å²) >= 11 is 0. The predicted molar refractivity (Wildman–Crippen MR) is 33.1 cm³/mol. The number of carboxylic acids is 2. The van der Waals surface area contributed by atoms with Crippen LogP contribution < -0.4 is 0 Å². The maximum atomic E-state index is 10.1. The molecule has 0 aromatic carbocycles. The van der Waals surface area contributed by atoms with E-state index in [2.05, 4.69) is 0 Å². The van der Waals surface area contributed by atoms with Crippen molar-refractivity contribution >= 4 is 11.9 Å². The van der Waals surface area contributed by atoms with Gasteiger partial charge in [-0.25, -0.2) is 0 Å². The fourth-order valence-corrected chi connectivity index (χ4v) is 0.321. The zero-order valence-corrected chi connectivity index (χ0v) is 9.65. The van der Waals surface area contributed by atoms with Crippen LogP contribution in [-0.2, 0) is 48.5 Å². The molecule has 0 atom stereocenters. The second-order valence-corrected chi connectivity index (χ2v) is 1.86. The van der Waals surface area contributed by atoms with Crippen molar-refractivity contribution in [3.05, 3.63) is 11.8 Å². The summed E-state index contributed by atoms with van der Waals surface area (Å²) in [6.45, 7) is 2.51. The van der Waals surface area contributed by atoms with Gasteiger partial charge in [0.1, 0.15) is 11.9 Å². The Labute approximate surface area is 96.2 Å². The van der Waals surface area contributed by atoms with Crippen LogP contribution in [-0.4, -0.2) is 22.2 Å². The summed E-state index contributed by atoms with van der Waals surface area (Å²) < 4.78 is 0. The van der Waals surface area contributed by atoms with E-state index < -0.39 is 11.9 Å². The molecule has 0 aliphatic heterocycles. The second kappa shape index (κ2) is 7.57. The quantitative estimate of drug-likeness (QED) is 0.569. The van der Waals surface area contributed by atoms with Crippen LogP contribution in [0.15, 0.2) is 0 Å². The smallest absolute Gasteiger partial charge is 0.140 e. The Morgan fingerprint density at radius 2 is 1.08 bits per heavy atom. The number of aliphatic carboxylic acids is 2. The van der Waals surface area contributed by atoms with Crippen LogP contribution in [0.4, 0.5) is 0 Å². The standard InChI is InChI=1S/C6H8O4.2Rh/c1-3(5(7)8)4(2)6(9)10;;/h1-2H3,(H,7,8)(H,9,10);;/q-2;;. The first-order chi connectivity index (χ1) is 4.46. The van der Waals surface area contributed by atoms with Gasteiger partial charge in [-0.15, -0.1) is 0 Å². The van der Waals surface area contributed by atoms with Gasteiger partial charge >= 0.3 is 0 Å². The first-order valence-electron chi connectivity index (χ1n) is 2.61. The van der Waals surface area contributed by atoms with Crippen LogP contribution in [0.2, 0.25) is 0 Å². The van der Waals surface area contributed by atoms with E-state index in [9.17, 15) is 9.59 Å². The van der Waals surface area contributed by atoms with Gasteiger partial charge in [-0.1, -0.05) is 0 Å². The zero-order chi connectivity index (χ0) is 8.31. The van der Waals surface area contributed by atoms with E-state index in [-0.39, 0.29) is 50.8 Å². The molecule has 0 fully saturated rings. The number of hydrogen-bond donors (Lipinski definition) is 2. The summed E-state index contributed by atoms with van der Waals surface area (Å²) in [7, 11) is 0. The largest absolute Gasteiger partial charge is 0.505 e. The Bertz CT molecular complexity index is 142. The topological polar surface area (TPSA) is 74.6 Å². The van der Waals surface area contributed by atoms with Gasteiger partial charge in [0.25, 0.3) is 0 Å². The van der Waals surface area contributed by atoms with Gasteiger partial charge in [0.05, 0.1) is 0 Å². The third kappa shape index (κ3) is 5.56. The molecule has 0 aromatic rings. The van der Waals surface area contributed by atoms with Gasteiger partial charge in [0, 0.05) is 39.0 Å². The van der Waals surface area contributed by atoms with Crippen LogP contribution in [0.3, 0.4) is 0 Å². The van der Waals surface area contributed by atoms with Gasteiger partial charge in [0.2, 0.25) is 0 Å². The average Bonchev–Trinajstić information content (AvgIpc) is 1.84. The summed E-state index contributed by atoms with van der Waals surface area (Å²) in [5.41, 5.74) is 0. The minimum Gasteiger partial charge on any atom is -0.505 e. The molecule has 2 radical (unpaired) electrons. The number of rotatable bonds is 3. The summed E-state index contributed by atoms with van der Waals surface area (Å²) in [4.78, 5) is 20.2. The number of carbonyl (C=O) groups is 2. The summed E-state index contributed by atoms with van der Waals surface area (Å²) in [6.07, 6.45) is 0. The van der Waals surface area contributed by atoms with E-state index >= 15 is 0 Å². The van der Waals surface area contributed by atoms with Crippen molar-refractivity contribution in [3.63, 3.8) is 0 Å². The maximum absolute atomic E-state index is 10.1. The third-order valence-corrected chi connectivity index (χ3v) is 1.20. The van der Waals surface area contributed by atoms with Crippen molar-refractivity contribution in [1.29, 1.82) is 0 Å². The molecule has 0 saturated heterocycles. The van der Waals surface area contributed by atoms with Crippen molar-refractivity contribution in [2.45, 2.75) is 13.8 Å². The average molecular weight is 350 g/mol. The van der Waals surface area contributed by atoms with Crippen molar-refractivity contribution in [2.24, 2.45) is 0 Å². The molecule has 0 spiro atoms. The monoisotopic (exact) mass is 350 g/mol. The van der Waals surface area contributed by atoms with Crippen LogP contribution in [0.1, 0.15) is 13.8 Å². The fraction of sp³-hybridized carbons (Fsp3) is 0.333. The fourth-order valence-electron chi connectivity index (χ4n) is 0.321. The molecule has 0 heterocycles. The molecule has 0 aliphatic carbocycles. The molecular weight excluding hydrogens is 342 g/mol. The number of carboxylic acid groups (broad SMARTS) is 2. The Morgan fingerprint density at radius 3 is 1.17 bits per heavy atom. The zero-order valence-electron chi connectivity index (χ0n) is 6.38. The summed E-state index contributed by atoms with van der Waals surface area (Å²) in [5.74, 6) is -2.65. The van der Waals surface area contributed by atoms with Gasteiger partial charge < -0.3 is 22.0 Å². The summed E-state index contributed by atoms with van der Waals surface area (Å²) in [5, 5.41) is 16.6. The Kier molecular flexibility index (Phi) is 11.3. The van der Waals surface area contributed by atoms with E-state index in [1.54, 1.807) is 0 Å². The first-order valence-corrected chi connectivity index (χ1v) is 2.61. The molecule has 0 aromatic heterocycles. The Morgan fingerprint density at radius 1 is 0.917 bits per heavy atom. The molecule has 0 saturated carbocycles. The molecule has 2 N–H and O–H groups in total. The van der Waals surface area contributed by atoms with Crippen molar-refractivity contribution in [3.8, 4) is 0 Å². The second-order valence-electron chi connectivity index (χ2n) is 1.86. The normalized spacial score (nSPS) is 7.17. The van der Waals surface area contributed by atoms with Crippen LogP contribution >= 0.6 is 0 Å². The third-order valence-electron chi connectivity index (χ3n) is 1.20. The van der Waals surface area contributed by atoms with Gasteiger partial charge in [0.15, 0.2) is 0 Å². The molecule has 4 nitrogen and oxygen atoms in total.